The third-order valence-electron chi connectivity index (χ3n) is 3.26. The largest absolute Gasteiger partial charge is 0.481 e. The molecule has 1 aromatic rings. The predicted octanol–water partition coefficient (Wildman–Crippen LogP) is 2.44. The van der Waals surface area contributed by atoms with Gasteiger partial charge in [0.05, 0.1) is 5.41 Å². The first-order valence-corrected chi connectivity index (χ1v) is 6.36. The van der Waals surface area contributed by atoms with Crippen LogP contribution < -0.4 is 5.73 Å². The van der Waals surface area contributed by atoms with Gasteiger partial charge in [0, 0.05) is 10.9 Å². The summed E-state index contributed by atoms with van der Waals surface area (Å²) < 4.78 is 24.3. The van der Waals surface area contributed by atoms with Crippen LogP contribution in [-0.4, -0.2) is 22.9 Å². The summed E-state index contributed by atoms with van der Waals surface area (Å²) >= 11 is 0.447. The fourth-order valence-electron chi connectivity index (χ4n) is 2.32. The number of nitrogens with two attached hydrogens (primary N) is 1. The minimum Gasteiger partial charge on any atom is -0.481 e. The number of carboxylic acids is 1. The van der Waals surface area contributed by atoms with Crippen molar-refractivity contribution < 1.29 is 18.7 Å². The number of halogens is 2. The van der Waals surface area contributed by atoms with Crippen molar-refractivity contribution in [2.24, 2.45) is 5.73 Å². The van der Waals surface area contributed by atoms with Crippen LogP contribution in [0.25, 0.3) is 0 Å². The minimum absolute atomic E-state index is 0.101. The highest BCUT2D eigenvalue weighted by atomic mass is 32.2. The molecule has 1 aliphatic rings. The standard InChI is InChI=1S/C12H13F2NO2S/c13-11(14)18-9-3-1-7(2-4-9)12(10(16)17)5-8(15)6-12/h1-4,8,11H,5-6,15H2,(H,16,17). The summed E-state index contributed by atoms with van der Waals surface area (Å²) in [6, 6.07) is 6.16. The van der Waals surface area contributed by atoms with Crippen LogP contribution in [0.15, 0.2) is 29.2 Å². The molecule has 0 aliphatic heterocycles. The third kappa shape index (κ3) is 2.35. The first-order chi connectivity index (χ1) is 8.44. The van der Waals surface area contributed by atoms with Crippen LogP contribution in [0.4, 0.5) is 8.78 Å². The third-order valence-corrected chi connectivity index (χ3v) is 3.99. The van der Waals surface area contributed by atoms with Crippen LogP contribution in [-0.2, 0) is 10.2 Å². The van der Waals surface area contributed by atoms with Crippen molar-refractivity contribution in [3.8, 4) is 0 Å². The van der Waals surface area contributed by atoms with Gasteiger partial charge in [-0.15, -0.1) is 0 Å². The van der Waals surface area contributed by atoms with E-state index in [2.05, 4.69) is 0 Å². The summed E-state index contributed by atoms with van der Waals surface area (Å²) in [6.45, 7) is 0. The molecule has 1 aromatic carbocycles. The van der Waals surface area contributed by atoms with Gasteiger partial charge < -0.3 is 10.8 Å². The number of thioether (sulfide) groups is 1. The number of hydrogen-bond acceptors (Lipinski definition) is 3. The molecule has 0 radical (unpaired) electrons. The molecule has 0 atom stereocenters. The van der Waals surface area contributed by atoms with Gasteiger partial charge in [-0.05, 0) is 30.5 Å². The Balaban J connectivity index is 2.20. The summed E-state index contributed by atoms with van der Waals surface area (Å²) in [5, 5.41) is 9.29. The van der Waals surface area contributed by atoms with Gasteiger partial charge in [0.25, 0.3) is 5.76 Å². The molecule has 1 saturated carbocycles. The van der Waals surface area contributed by atoms with Gasteiger partial charge in [0.2, 0.25) is 0 Å². The van der Waals surface area contributed by atoms with E-state index in [1.54, 1.807) is 12.1 Å². The highest BCUT2D eigenvalue weighted by Crippen LogP contribution is 2.43. The number of aliphatic carboxylic acids is 1. The van der Waals surface area contributed by atoms with E-state index in [0.717, 1.165) is 0 Å². The number of carboxylic acid groups (broad SMARTS) is 1. The minimum atomic E-state index is -2.47. The Morgan fingerprint density at radius 2 is 1.94 bits per heavy atom. The molecule has 1 aliphatic carbocycles. The molecule has 3 nitrogen and oxygen atoms in total. The second-order valence-corrected chi connectivity index (χ2v) is 5.52. The van der Waals surface area contributed by atoms with Crippen LogP contribution in [0.1, 0.15) is 18.4 Å². The highest BCUT2D eigenvalue weighted by Gasteiger charge is 2.50. The smallest absolute Gasteiger partial charge is 0.314 e. The molecule has 0 heterocycles. The van der Waals surface area contributed by atoms with E-state index in [-0.39, 0.29) is 6.04 Å². The molecule has 3 N–H and O–H groups in total. The molecule has 2 rings (SSSR count). The number of rotatable bonds is 4. The van der Waals surface area contributed by atoms with Crippen molar-refractivity contribution in [3.63, 3.8) is 0 Å². The Labute approximate surface area is 107 Å². The Hall–Kier alpha value is -1.14. The second-order valence-electron chi connectivity index (χ2n) is 4.46. The average Bonchev–Trinajstić information content (AvgIpc) is 2.24. The van der Waals surface area contributed by atoms with Crippen molar-refractivity contribution in [2.45, 2.75) is 35.0 Å². The number of alkyl halides is 2. The van der Waals surface area contributed by atoms with Crippen molar-refractivity contribution in [1.29, 1.82) is 0 Å². The summed E-state index contributed by atoms with van der Waals surface area (Å²) in [4.78, 5) is 11.8. The average molecular weight is 273 g/mol. The topological polar surface area (TPSA) is 63.3 Å². The van der Waals surface area contributed by atoms with E-state index in [0.29, 0.717) is 35.1 Å². The summed E-state index contributed by atoms with van der Waals surface area (Å²) in [5.74, 6) is -3.38. The zero-order valence-electron chi connectivity index (χ0n) is 9.48. The SMILES string of the molecule is NC1CC(C(=O)O)(c2ccc(SC(F)F)cc2)C1. The Kier molecular flexibility index (Phi) is 3.59. The number of hydrogen-bond donors (Lipinski definition) is 2. The van der Waals surface area contributed by atoms with Gasteiger partial charge in [0.1, 0.15) is 0 Å². The van der Waals surface area contributed by atoms with E-state index >= 15 is 0 Å². The number of benzene rings is 1. The summed E-state index contributed by atoms with van der Waals surface area (Å²) in [7, 11) is 0. The summed E-state index contributed by atoms with van der Waals surface area (Å²) in [5.41, 5.74) is 5.36. The fourth-order valence-corrected chi connectivity index (χ4v) is 2.82. The monoisotopic (exact) mass is 273 g/mol. The van der Waals surface area contributed by atoms with Crippen molar-refractivity contribution >= 4 is 17.7 Å². The van der Waals surface area contributed by atoms with Gasteiger partial charge in [0.15, 0.2) is 0 Å². The molecular formula is C12H13F2NO2S. The number of carbonyl (C=O) groups is 1. The molecule has 0 aromatic heterocycles. The second kappa shape index (κ2) is 4.85. The van der Waals surface area contributed by atoms with E-state index in [1.807, 2.05) is 0 Å². The predicted molar refractivity (Wildman–Crippen MR) is 64.8 cm³/mol. The molecular weight excluding hydrogens is 260 g/mol. The van der Waals surface area contributed by atoms with E-state index in [4.69, 9.17) is 5.73 Å². The maximum absolute atomic E-state index is 12.2. The summed E-state index contributed by atoms with van der Waals surface area (Å²) in [6.07, 6.45) is 0.785. The van der Waals surface area contributed by atoms with E-state index < -0.39 is 17.1 Å². The molecule has 0 amide bonds. The normalized spacial score (nSPS) is 27.0. The van der Waals surface area contributed by atoms with Gasteiger partial charge >= 0.3 is 5.97 Å². The van der Waals surface area contributed by atoms with Crippen LogP contribution >= 0.6 is 11.8 Å². The molecule has 0 saturated heterocycles. The first-order valence-electron chi connectivity index (χ1n) is 5.48. The van der Waals surface area contributed by atoms with Crippen molar-refractivity contribution in [2.75, 3.05) is 0 Å². The van der Waals surface area contributed by atoms with Crippen LogP contribution in [0.5, 0.6) is 0 Å². The first kappa shape index (κ1) is 13.3. The molecule has 0 unspecified atom stereocenters. The Bertz CT molecular complexity index is 444. The molecule has 0 bridgehead atoms. The highest BCUT2D eigenvalue weighted by molar-refractivity contribution is 7.99. The fraction of sp³-hybridized carbons (Fsp3) is 0.417. The van der Waals surface area contributed by atoms with Crippen LogP contribution in [0.3, 0.4) is 0 Å². The van der Waals surface area contributed by atoms with Crippen molar-refractivity contribution in [1.82, 2.24) is 0 Å². The molecule has 98 valence electrons. The molecule has 6 heteroatoms. The molecule has 0 spiro atoms. The maximum atomic E-state index is 12.2. The van der Waals surface area contributed by atoms with Crippen molar-refractivity contribution in [3.05, 3.63) is 29.8 Å². The lowest BCUT2D eigenvalue weighted by Gasteiger charge is -2.43. The lowest BCUT2D eigenvalue weighted by atomic mass is 9.62. The Morgan fingerprint density at radius 1 is 1.39 bits per heavy atom. The lowest BCUT2D eigenvalue weighted by Crippen LogP contribution is -2.54. The molecule has 18 heavy (non-hydrogen) atoms. The maximum Gasteiger partial charge on any atom is 0.314 e. The zero-order valence-corrected chi connectivity index (χ0v) is 10.3. The molecule has 1 fully saturated rings. The zero-order chi connectivity index (χ0) is 13.3. The van der Waals surface area contributed by atoms with E-state index in [9.17, 15) is 18.7 Å². The quantitative estimate of drug-likeness (QED) is 0.827. The van der Waals surface area contributed by atoms with Gasteiger partial charge in [-0.25, -0.2) is 0 Å². The van der Waals surface area contributed by atoms with Crippen LogP contribution in [0, 0.1) is 0 Å². The van der Waals surface area contributed by atoms with E-state index in [1.165, 1.54) is 12.1 Å². The van der Waals surface area contributed by atoms with Gasteiger partial charge in [-0.3, -0.25) is 4.79 Å². The Morgan fingerprint density at radius 3 is 2.33 bits per heavy atom. The van der Waals surface area contributed by atoms with Crippen LogP contribution in [0.2, 0.25) is 0 Å². The lowest BCUT2D eigenvalue weighted by molar-refractivity contribution is -0.148. The van der Waals surface area contributed by atoms with Gasteiger partial charge in [-0.1, -0.05) is 23.9 Å². The van der Waals surface area contributed by atoms with Gasteiger partial charge in [-0.2, -0.15) is 8.78 Å².